The Labute approximate surface area is 149 Å². The molecule has 0 spiro atoms. The molecular formula is C16H11BrF3NO3S. The maximum absolute atomic E-state index is 12.7. The van der Waals surface area contributed by atoms with Crippen molar-refractivity contribution in [2.24, 2.45) is 0 Å². The second kappa shape index (κ2) is 6.06. The molecule has 0 bridgehead atoms. The Bertz CT molecular complexity index is 1060. The van der Waals surface area contributed by atoms with E-state index < -0.39 is 15.5 Å². The molecule has 0 amide bonds. The van der Waals surface area contributed by atoms with Gasteiger partial charge in [-0.25, -0.2) is 0 Å². The van der Waals surface area contributed by atoms with Gasteiger partial charge < -0.3 is 4.42 Å². The van der Waals surface area contributed by atoms with Crippen LogP contribution in [0.2, 0.25) is 0 Å². The van der Waals surface area contributed by atoms with Crippen molar-refractivity contribution >= 4 is 42.6 Å². The van der Waals surface area contributed by atoms with E-state index in [2.05, 4.69) is 15.9 Å². The van der Waals surface area contributed by atoms with Gasteiger partial charge in [-0.3, -0.25) is 4.72 Å². The zero-order valence-corrected chi connectivity index (χ0v) is 15.1. The van der Waals surface area contributed by atoms with Crippen molar-refractivity contribution in [2.45, 2.75) is 12.4 Å². The van der Waals surface area contributed by atoms with Crippen LogP contribution in [0, 0.1) is 6.92 Å². The molecule has 9 heteroatoms. The predicted octanol–water partition coefficient (Wildman–Crippen LogP) is 5.43. The van der Waals surface area contributed by atoms with Gasteiger partial charge in [-0.2, -0.15) is 21.6 Å². The van der Waals surface area contributed by atoms with Crippen LogP contribution < -0.4 is 4.72 Å². The Hall–Kier alpha value is -2.00. The van der Waals surface area contributed by atoms with Gasteiger partial charge in [0.15, 0.2) is 5.76 Å². The average molecular weight is 434 g/mol. The standard InChI is InChI=1S/C16H11BrF3NO3S/c1-9-6-7-13-11(8-9)14(17)15(24-13)10-4-2-3-5-12(10)21-25(22,23)16(18,19)20/h2-8,21H,1H3. The Morgan fingerprint density at radius 2 is 1.80 bits per heavy atom. The lowest BCUT2D eigenvalue weighted by molar-refractivity contribution is -0.0429. The summed E-state index contributed by atoms with van der Waals surface area (Å²) in [4.78, 5) is 0. The molecule has 1 heterocycles. The number of aryl methyl sites for hydroxylation is 1. The van der Waals surface area contributed by atoms with Crippen LogP contribution >= 0.6 is 15.9 Å². The summed E-state index contributed by atoms with van der Waals surface area (Å²) in [5.74, 6) is 0.237. The quantitative estimate of drug-likeness (QED) is 0.598. The molecule has 0 aliphatic carbocycles. The van der Waals surface area contributed by atoms with Crippen molar-refractivity contribution in [1.82, 2.24) is 0 Å². The fraction of sp³-hybridized carbons (Fsp3) is 0.125. The number of anilines is 1. The third kappa shape index (κ3) is 3.25. The number of hydrogen-bond acceptors (Lipinski definition) is 3. The van der Waals surface area contributed by atoms with Crippen LogP contribution in [0.4, 0.5) is 18.9 Å². The highest BCUT2D eigenvalue weighted by Crippen LogP contribution is 2.41. The minimum absolute atomic E-state index is 0.191. The topological polar surface area (TPSA) is 59.3 Å². The smallest absolute Gasteiger partial charge is 0.455 e. The average Bonchev–Trinajstić information content (AvgIpc) is 2.83. The molecule has 2 aromatic carbocycles. The maximum Gasteiger partial charge on any atom is 0.516 e. The summed E-state index contributed by atoms with van der Waals surface area (Å²) >= 11 is 3.38. The van der Waals surface area contributed by atoms with Crippen LogP contribution in [-0.4, -0.2) is 13.9 Å². The van der Waals surface area contributed by atoms with Gasteiger partial charge in [0, 0.05) is 10.9 Å². The molecule has 25 heavy (non-hydrogen) atoms. The molecule has 132 valence electrons. The lowest BCUT2D eigenvalue weighted by Crippen LogP contribution is -2.30. The number of halogens is 4. The van der Waals surface area contributed by atoms with Gasteiger partial charge in [-0.1, -0.05) is 23.8 Å². The first-order valence-electron chi connectivity index (χ1n) is 6.97. The molecule has 3 aromatic rings. The van der Waals surface area contributed by atoms with E-state index in [1.54, 1.807) is 16.9 Å². The Balaban J connectivity index is 2.16. The zero-order chi connectivity index (χ0) is 18.4. The van der Waals surface area contributed by atoms with E-state index in [-0.39, 0.29) is 17.0 Å². The first-order chi connectivity index (χ1) is 11.6. The number of sulfonamides is 1. The van der Waals surface area contributed by atoms with Crippen LogP contribution in [0.25, 0.3) is 22.3 Å². The summed E-state index contributed by atoms with van der Waals surface area (Å²) < 4.78 is 68.7. The summed E-state index contributed by atoms with van der Waals surface area (Å²) in [6, 6.07) is 11.1. The van der Waals surface area contributed by atoms with Gasteiger partial charge in [0.05, 0.1) is 10.2 Å². The van der Waals surface area contributed by atoms with Crippen LogP contribution in [0.5, 0.6) is 0 Å². The van der Waals surface area contributed by atoms with Gasteiger partial charge in [0.2, 0.25) is 0 Å². The van der Waals surface area contributed by atoms with Crippen molar-refractivity contribution < 1.29 is 26.0 Å². The van der Waals surface area contributed by atoms with E-state index in [0.717, 1.165) is 10.9 Å². The summed E-state index contributed by atoms with van der Waals surface area (Å²) in [5.41, 5.74) is -3.94. The summed E-state index contributed by atoms with van der Waals surface area (Å²) in [7, 11) is -5.54. The number of benzene rings is 2. The highest BCUT2D eigenvalue weighted by Gasteiger charge is 2.46. The van der Waals surface area contributed by atoms with Crippen molar-refractivity contribution in [1.29, 1.82) is 0 Å². The first kappa shape index (κ1) is 17.8. The zero-order valence-electron chi connectivity index (χ0n) is 12.7. The molecule has 0 aliphatic heterocycles. The van der Waals surface area contributed by atoms with Crippen molar-refractivity contribution in [3.05, 3.63) is 52.5 Å². The molecular weight excluding hydrogens is 423 g/mol. The largest absolute Gasteiger partial charge is 0.516 e. The molecule has 0 saturated carbocycles. The number of rotatable bonds is 3. The third-order valence-electron chi connectivity index (χ3n) is 3.50. The summed E-state index contributed by atoms with van der Waals surface area (Å²) in [6.07, 6.45) is 0. The van der Waals surface area contributed by atoms with Crippen molar-refractivity contribution in [3.63, 3.8) is 0 Å². The van der Waals surface area contributed by atoms with Crippen molar-refractivity contribution in [2.75, 3.05) is 4.72 Å². The van der Waals surface area contributed by atoms with Gasteiger partial charge in [-0.15, -0.1) is 0 Å². The molecule has 0 fully saturated rings. The molecule has 1 N–H and O–H groups in total. The molecule has 3 rings (SSSR count). The van der Waals surface area contributed by atoms with E-state index in [4.69, 9.17) is 4.42 Å². The third-order valence-corrected chi connectivity index (χ3v) is 5.39. The fourth-order valence-corrected chi connectivity index (χ4v) is 3.51. The Morgan fingerprint density at radius 1 is 1.12 bits per heavy atom. The minimum atomic E-state index is -5.54. The second-order valence-electron chi connectivity index (χ2n) is 5.34. The van der Waals surface area contributed by atoms with E-state index in [1.165, 1.54) is 18.2 Å². The number of para-hydroxylation sites is 1. The van der Waals surface area contributed by atoms with E-state index in [1.807, 2.05) is 19.1 Å². The molecule has 0 aliphatic rings. The van der Waals surface area contributed by atoms with Gasteiger partial charge in [-0.05, 0) is 47.1 Å². The Morgan fingerprint density at radius 3 is 2.48 bits per heavy atom. The van der Waals surface area contributed by atoms with Crippen LogP contribution in [-0.2, 0) is 10.0 Å². The van der Waals surface area contributed by atoms with Crippen LogP contribution in [0.3, 0.4) is 0 Å². The lowest BCUT2D eigenvalue weighted by atomic mass is 10.1. The molecule has 0 saturated heterocycles. The van der Waals surface area contributed by atoms with E-state index in [0.29, 0.717) is 10.1 Å². The number of nitrogens with one attached hydrogen (secondary N) is 1. The molecule has 0 atom stereocenters. The lowest BCUT2D eigenvalue weighted by Gasteiger charge is -2.13. The number of furan rings is 1. The molecule has 0 unspecified atom stereocenters. The first-order valence-corrected chi connectivity index (χ1v) is 9.25. The van der Waals surface area contributed by atoms with Gasteiger partial charge in [0.25, 0.3) is 0 Å². The van der Waals surface area contributed by atoms with Crippen LogP contribution in [0.1, 0.15) is 5.56 Å². The van der Waals surface area contributed by atoms with E-state index in [9.17, 15) is 21.6 Å². The SMILES string of the molecule is Cc1ccc2oc(-c3ccccc3NS(=O)(=O)C(F)(F)F)c(Br)c2c1. The molecule has 4 nitrogen and oxygen atoms in total. The highest BCUT2D eigenvalue weighted by molar-refractivity contribution is 9.10. The summed E-state index contributed by atoms with van der Waals surface area (Å²) in [6.45, 7) is 1.89. The van der Waals surface area contributed by atoms with Crippen LogP contribution in [0.15, 0.2) is 51.4 Å². The number of alkyl halides is 3. The number of hydrogen-bond donors (Lipinski definition) is 1. The summed E-state index contributed by atoms with van der Waals surface area (Å²) in [5, 5.41) is 0.739. The van der Waals surface area contributed by atoms with E-state index >= 15 is 0 Å². The minimum Gasteiger partial charge on any atom is -0.455 e. The van der Waals surface area contributed by atoms with Gasteiger partial charge >= 0.3 is 15.5 Å². The molecule has 0 radical (unpaired) electrons. The predicted molar refractivity (Wildman–Crippen MR) is 92.7 cm³/mol. The normalized spacial score (nSPS) is 12.5. The monoisotopic (exact) mass is 433 g/mol. The molecule has 1 aromatic heterocycles. The number of fused-ring (bicyclic) bond motifs is 1. The fourth-order valence-electron chi connectivity index (χ4n) is 2.33. The maximum atomic E-state index is 12.7. The van der Waals surface area contributed by atoms with Gasteiger partial charge in [0.1, 0.15) is 5.58 Å². The highest BCUT2D eigenvalue weighted by atomic mass is 79.9. The Kier molecular flexibility index (Phi) is 4.32. The van der Waals surface area contributed by atoms with Crippen molar-refractivity contribution in [3.8, 4) is 11.3 Å². The second-order valence-corrected chi connectivity index (χ2v) is 7.81.